The van der Waals surface area contributed by atoms with Gasteiger partial charge < -0.3 is 14.9 Å². The maximum absolute atomic E-state index is 10.1. The van der Waals surface area contributed by atoms with Crippen LogP contribution in [0.5, 0.6) is 0 Å². The van der Waals surface area contributed by atoms with Crippen LogP contribution in [0.15, 0.2) is 5.18 Å². The standard InChI is InChI=1S/C5H10BNO4/c6-5-3(7-10)4(9)2(1-8)11-5/h2-5,8-9H,1,6H2/t2-,3?,4?,5-/m1/s1. The molecule has 1 aliphatic heterocycles. The van der Waals surface area contributed by atoms with Gasteiger partial charge in [0.15, 0.2) is 0 Å². The van der Waals surface area contributed by atoms with Crippen molar-refractivity contribution in [3.63, 3.8) is 0 Å². The molecule has 0 bridgehead atoms. The molecule has 1 rings (SSSR count). The maximum Gasteiger partial charge on any atom is 0.142 e. The first-order chi connectivity index (χ1) is 5.20. The fraction of sp³-hybridized carbons (Fsp3) is 1.00. The fourth-order valence-corrected chi connectivity index (χ4v) is 1.23. The van der Waals surface area contributed by atoms with E-state index in [1.54, 1.807) is 7.85 Å². The lowest BCUT2D eigenvalue weighted by molar-refractivity contribution is -0.00436. The Labute approximate surface area is 64.7 Å². The van der Waals surface area contributed by atoms with Gasteiger partial charge in [-0.05, 0) is 0 Å². The number of hydrogen-bond donors (Lipinski definition) is 2. The first-order valence-electron chi connectivity index (χ1n) is 3.47. The van der Waals surface area contributed by atoms with Crippen LogP contribution < -0.4 is 0 Å². The second-order valence-electron chi connectivity index (χ2n) is 2.65. The molecule has 1 saturated heterocycles. The van der Waals surface area contributed by atoms with Crippen molar-refractivity contribution in [3.8, 4) is 0 Å². The van der Waals surface area contributed by atoms with E-state index in [0.29, 0.717) is 0 Å². The summed E-state index contributed by atoms with van der Waals surface area (Å²) < 4.78 is 5.03. The van der Waals surface area contributed by atoms with Crippen molar-refractivity contribution in [1.29, 1.82) is 0 Å². The molecule has 6 heteroatoms. The zero-order valence-corrected chi connectivity index (χ0v) is 6.17. The molecule has 2 unspecified atom stereocenters. The van der Waals surface area contributed by atoms with Gasteiger partial charge in [-0.3, -0.25) is 0 Å². The third-order valence-corrected chi connectivity index (χ3v) is 1.90. The fourth-order valence-electron chi connectivity index (χ4n) is 1.23. The number of aliphatic hydroxyl groups excluding tert-OH is 2. The van der Waals surface area contributed by atoms with Crippen molar-refractivity contribution in [2.45, 2.75) is 24.3 Å². The van der Waals surface area contributed by atoms with Gasteiger partial charge in [-0.25, -0.2) is 0 Å². The van der Waals surface area contributed by atoms with Gasteiger partial charge in [0.2, 0.25) is 0 Å². The van der Waals surface area contributed by atoms with Crippen LogP contribution in [0, 0.1) is 4.91 Å². The van der Waals surface area contributed by atoms with Gasteiger partial charge in [-0.1, -0.05) is 5.18 Å². The lowest BCUT2D eigenvalue weighted by Crippen LogP contribution is -2.32. The van der Waals surface area contributed by atoms with Crippen LogP contribution >= 0.6 is 0 Å². The molecule has 1 fully saturated rings. The minimum Gasteiger partial charge on any atom is -0.394 e. The zero-order chi connectivity index (χ0) is 8.43. The highest BCUT2D eigenvalue weighted by Crippen LogP contribution is 2.21. The lowest BCUT2D eigenvalue weighted by atomic mass is 9.91. The monoisotopic (exact) mass is 159 g/mol. The number of nitrogens with zero attached hydrogens (tertiary/aromatic N) is 1. The molecule has 62 valence electrons. The summed E-state index contributed by atoms with van der Waals surface area (Å²) in [5.41, 5.74) is 0. The SMILES string of the molecule is B[C@@H]1O[C@H](CO)C(O)C1N=O. The van der Waals surface area contributed by atoms with E-state index >= 15 is 0 Å². The average Bonchev–Trinajstić information content (AvgIpc) is 2.26. The van der Waals surface area contributed by atoms with E-state index in [9.17, 15) is 10.0 Å². The van der Waals surface area contributed by atoms with Crippen LogP contribution in [-0.4, -0.2) is 48.9 Å². The van der Waals surface area contributed by atoms with E-state index in [0.717, 1.165) is 0 Å². The highest BCUT2D eigenvalue weighted by molar-refractivity contribution is 6.11. The van der Waals surface area contributed by atoms with Crippen LogP contribution in [0.4, 0.5) is 0 Å². The third kappa shape index (κ3) is 1.42. The lowest BCUT2D eigenvalue weighted by Gasteiger charge is -2.09. The predicted octanol–water partition coefficient (Wildman–Crippen LogP) is -2.17. The summed E-state index contributed by atoms with van der Waals surface area (Å²) in [4.78, 5) is 10.1. The summed E-state index contributed by atoms with van der Waals surface area (Å²) in [7, 11) is 1.64. The number of nitroso groups, excluding NO2 is 1. The molecule has 0 aromatic carbocycles. The number of ether oxygens (including phenoxy) is 1. The summed E-state index contributed by atoms with van der Waals surface area (Å²) in [6.45, 7) is -0.280. The molecule has 0 aliphatic carbocycles. The molecular weight excluding hydrogens is 149 g/mol. The highest BCUT2D eigenvalue weighted by Gasteiger charge is 2.41. The molecule has 0 saturated carbocycles. The smallest absolute Gasteiger partial charge is 0.142 e. The summed E-state index contributed by atoms with van der Waals surface area (Å²) in [5, 5.41) is 20.6. The van der Waals surface area contributed by atoms with Crippen LogP contribution in [0.1, 0.15) is 0 Å². The maximum atomic E-state index is 10.1. The molecule has 1 heterocycles. The Bertz CT molecular complexity index is 155. The van der Waals surface area contributed by atoms with Gasteiger partial charge in [0.1, 0.15) is 26.1 Å². The second-order valence-corrected chi connectivity index (χ2v) is 2.65. The molecule has 5 nitrogen and oxygen atoms in total. The molecule has 0 radical (unpaired) electrons. The molecule has 2 N–H and O–H groups in total. The molecule has 4 atom stereocenters. The summed E-state index contributed by atoms with van der Waals surface area (Å²) in [6, 6.07) is -1.15. The second kappa shape index (κ2) is 3.29. The molecule has 0 spiro atoms. The van der Waals surface area contributed by atoms with Gasteiger partial charge in [0.05, 0.1) is 12.6 Å². The van der Waals surface area contributed by atoms with E-state index in [-0.39, 0.29) is 6.61 Å². The first kappa shape index (κ1) is 8.64. The van der Waals surface area contributed by atoms with Crippen molar-refractivity contribution in [2.24, 2.45) is 5.18 Å². The van der Waals surface area contributed by atoms with Gasteiger partial charge in [-0.2, -0.15) is 4.91 Å². The number of aliphatic hydroxyl groups is 2. The summed E-state index contributed by atoms with van der Waals surface area (Å²) >= 11 is 0. The normalized spacial score (nSPS) is 44.2. The number of rotatable bonds is 2. The zero-order valence-electron chi connectivity index (χ0n) is 6.17. The molecule has 1 aliphatic rings. The van der Waals surface area contributed by atoms with Crippen molar-refractivity contribution in [2.75, 3.05) is 6.61 Å². The summed E-state index contributed by atoms with van der Waals surface area (Å²) in [5.74, 6) is 0. The van der Waals surface area contributed by atoms with Crippen molar-refractivity contribution in [1.82, 2.24) is 0 Å². The van der Waals surface area contributed by atoms with E-state index in [1.807, 2.05) is 0 Å². The van der Waals surface area contributed by atoms with E-state index in [4.69, 9.17) is 9.84 Å². The molecule has 11 heavy (non-hydrogen) atoms. The largest absolute Gasteiger partial charge is 0.394 e. The van der Waals surface area contributed by atoms with Crippen molar-refractivity contribution >= 4 is 7.85 Å². The molecule has 0 aromatic rings. The van der Waals surface area contributed by atoms with Crippen molar-refractivity contribution in [3.05, 3.63) is 4.91 Å². The topological polar surface area (TPSA) is 79.1 Å². The third-order valence-electron chi connectivity index (χ3n) is 1.90. The van der Waals surface area contributed by atoms with Crippen molar-refractivity contribution < 1.29 is 14.9 Å². The van der Waals surface area contributed by atoms with E-state index in [1.165, 1.54) is 0 Å². The van der Waals surface area contributed by atoms with Crippen LogP contribution in [0.2, 0.25) is 0 Å². The minimum absolute atomic E-state index is 0.280. The summed E-state index contributed by atoms with van der Waals surface area (Å²) in [6.07, 6.45) is -1.62. The molecule has 0 amide bonds. The average molecular weight is 159 g/mol. The minimum atomic E-state index is -0.965. The van der Waals surface area contributed by atoms with Gasteiger partial charge in [0, 0.05) is 0 Å². The Morgan fingerprint density at radius 2 is 2.27 bits per heavy atom. The van der Waals surface area contributed by atoms with E-state index in [2.05, 4.69) is 5.18 Å². The van der Waals surface area contributed by atoms with Crippen LogP contribution in [0.25, 0.3) is 0 Å². The number of hydrogen-bond acceptors (Lipinski definition) is 5. The Morgan fingerprint density at radius 3 is 2.55 bits per heavy atom. The predicted molar refractivity (Wildman–Crippen MR) is 39.9 cm³/mol. The van der Waals surface area contributed by atoms with Gasteiger partial charge in [-0.15, -0.1) is 0 Å². The highest BCUT2D eigenvalue weighted by atomic mass is 16.5. The Kier molecular flexibility index (Phi) is 2.59. The van der Waals surface area contributed by atoms with E-state index < -0.39 is 24.3 Å². The van der Waals surface area contributed by atoms with Gasteiger partial charge >= 0.3 is 0 Å². The molecule has 0 aromatic heterocycles. The van der Waals surface area contributed by atoms with Crippen LogP contribution in [0.3, 0.4) is 0 Å². The first-order valence-corrected chi connectivity index (χ1v) is 3.47. The Balaban J connectivity index is 2.62. The molecular formula is C5H10BNO4. The van der Waals surface area contributed by atoms with Gasteiger partial charge in [0.25, 0.3) is 0 Å². The Hall–Kier alpha value is -0.455. The van der Waals surface area contributed by atoms with Crippen LogP contribution in [-0.2, 0) is 4.74 Å². The quantitative estimate of drug-likeness (QED) is 0.355. The Morgan fingerprint density at radius 1 is 1.64 bits per heavy atom.